The van der Waals surface area contributed by atoms with Crippen molar-refractivity contribution in [2.45, 2.75) is 146 Å². The topological polar surface area (TPSA) is 342 Å². The highest BCUT2D eigenvalue weighted by Gasteiger charge is 2.35. The Hall–Kier alpha value is -10.9. The number of aryl methyl sites for hydroxylation is 5. The highest BCUT2D eigenvalue weighted by atomic mass is 32.1. The Kier molecular flexibility index (Phi) is 33.4. The third-order valence-corrected chi connectivity index (χ3v) is 36.7. The molecule has 20 aromatic rings. The van der Waals surface area contributed by atoms with Crippen LogP contribution in [0.15, 0.2) is 219 Å². The van der Waals surface area contributed by atoms with Gasteiger partial charge in [-0.1, -0.05) is 0 Å². The fourth-order valence-corrected chi connectivity index (χ4v) is 29.5. The molecule has 0 fully saturated rings. The number of aromatic amines is 7. The molecule has 29 nitrogen and oxygen atoms in total. The van der Waals surface area contributed by atoms with E-state index in [4.69, 9.17) is 47.4 Å². The van der Waals surface area contributed by atoms with E-state index in [2.05, 4.69) is 211 Å². The number of aromatic nitrogens is 19. The van der Waals surface area contributed by atoms with Crippen LogP contribution in [0.1, 0.15) is 240 Å². The summed E-state index contributed by atoms with van der Waals surface area (Å²) in [4.78, 5) is 65.1. The third-order valence-electron chi connectivity index (χ3n) is 26.0. The number of H-pyrrole nitrogens is 7. The zero-order valence-corrected chi connectivity index (χ0v) is 89.2. The second kappa shape index (κ2) is 48.4. The summed E-state index contributed by atoms with van der Waals surface area (Å²) in [6.45, 7) is 14.0. The number of nitrogens with zero attached hydrogens (tertiary/aromatic N) is 12. The third kappa shape index (κ3) is 23.5. The lowest BCUT2D eigenvalue weighted by Crippen LogP contribution is -2.17. The predicted molar refractivity (Wildman–Crippen MR) is 571 cm³/mol. The van der Waals surface area contributed by atoms with Crippen molar-refractivity contribution in [1.29, 1.82) is 0 Å². The van der Waals surface area contributed by atoms with Crippen LogP contribution < -0.4 is 0 Å². The molecule has 0 aromatic carbocycles. The van der Waals surface area contributed by atoms with Crippen LogP contribution >= 0.6 is 125 Å². The first-order valence-electron chi connectivity index (χ1n) is 48.1. The maximum Gasteiger partial charge on any atom is 0.136 e. The van der Waals surface area contributed by atoms with E-state index >= 15 is 0 Å². The Morgan fingerprint density at radius 1 is 0.310 bits per heavy atom. The molecule has 750 valence electrons. The monoisotopic (exact) mass is 2150 g/mol. The van der Waals surface area contributed by atoms with Gasteiger partial charge in [0, 0.05) is 85.8 Å². The van der Waals surface area contributed by atoms with Gasteiger partial charge < -0.3 is 81.8 Å². The van der Waals surface area contributed by atoms with Gasteiger partial charge in [-0.15, -0.1) is 125 Å². The highest BCUT2D eigenvalue weighted by Crippen LogP contribution is 2.46. The minimum atomic E-state index is 0.0405. The fraction of sp³-hybridized carbons (Fsp3) is 0.333. The fourth-order valence-electron chi connectivity index (χ4n) is 18.7. The summed E-state index contributed by atoms with van der Waals surface area (Å²) in [6, 6.07) is 26.0. The maximum atomic E-state index is 5.84. The molecule has 145 heavy (non-hydrogen) atoms. The van der Waals surface area contributed by atoms with Gasteiger partial charge in [-0.05, 0) is 267 Å². The Labute approximate surface area is 882 Å². The predicted octanol–water partition coefficient (Wildman–Crippen LogP) is 23.0. The van der Waals surface area contributed by atoms with E-state index < -0.39 is 0 Å². The SMILES string of the molecule is Cc1[nH]cnc1C1OCCc2ccsc21.Cc1cc(C2OCCc3ccsc32)n[nH]1.Cc1ncc(C2OCCc3ccsc32)[nH]1.Cn1cncc1C1OCCc2ccsc21.Cn1nccc1C1OCCc2ccsc21.c1nc(C2OCCc3ccsc32)cs1.c1ncc(C2OCCc3ccsc32)[nH]1.c1ncc(C2OCCc3ccsc32)[nH]1.c1ncc([C@@H]2OCCc3ccsc32)[nH]1.c1ncc([C@H]2OCCc3ccsc32)[nH]1. The second-order valence-corrected chi connectivity index (χ2v) is 45.4. The first-order valence-corrected chi connectivity index (χ1v) is 57.8. The molecule has 30 heterocycles. The minimum absolute atomic E-state index is 0.0405. The molecule has 20 aromatic heterocycles. The number of rotatable bonds is 10. The van der Waals surface area contributed by atoms with Crippen molar-refractivity contribution in [2.75, 3.05) is 66.1 Å². The summed E-state index contributed by atoms with van der Waals surface area (Å²) >= 11 is 19.3. The standard InChI is InChI=1S/5C11H12N2OS.4C10H10N2OS.C10H9NOS2/c1-13-9(2-5-12-13)10-11-8(3-6-14-10)4-7-15-11;1-13-7-12-6-9(13)10-11-8(2-4-14-10)3-5-15-11;1-7-9(13-6-12-7)10-11-8(2-4-14-10)3-5-15-11;1-7-12-6-9(13-7)10-11-8(2-4-14-10)3-5-15-11;1-7-6-9(13-12-7)10-11-8(2-4-14-10)3-5-15-11;4*1-3-13-9(8-5-11-6-12-8)10-7(1)2-4-14-10;1-3-12-9(8-5-13-6-11-8)10-7(1)2-4-14-10/h2,4-5,7,10H,3,6H2,1H3;3,5-7,10H,2,4H2,1H3;3*3,5-6,10H,2,4H2,1H3,(H,12,13);4*2,4-6,9H,1,3H2,(H,11,12);2,4-6,9H,1,3H2/t;;;;;2*9-;;;/m.....10.../s1. The molecule has 10 atom stereocenters. The van der Waals surface area contributed by atoms with Crippen molar-refractivity contribution in [3.63, 3.8) is 0 Å². The smallest absolute Gasteiger partial charge is 0.136 e. The summed E-state index contributed by atoms with van der Waals surface area (Å²) < 4.78 is 61.7. The van der Waals surface area contributed by atoms with Crippen molar-refractivity contribution in [1.82, 2.24) is 94.3 Å². The van der Waals surface area contributed by atoms with E-state index in [1.807, 2.05) is 105 Å². The minimum Gasteiger partial charge on any atom is -0.366 e. The summed E-state index contributed by atoms with van der Waals surface area (Å²) in [5, 5.41) is 34.8. The van der Waals surface area contributed by atoms with Crippen molar-refractivity contribution < 1.29 is 47.4 Å². The van der Waals surface area contributed by atoms with Gasteiger partial charge in [0.2, 0.25) is 0 Å². The highest BCUT2D eigenvalue weighted by molar-refractivity contribution is 7.13. The Morgan fingerprint density at radius 3 is 0.924 bits per heavy atom. The Bertz CT molecular complexity index is 6540. The second-order valence-electron chi connectivity index (χ2n) is 35.2. The normalized spacial score (nSPS) is 20.4. The van der Waals surface area contributed by atoms with Gasteiger partial charge in [-0.2, -0.15) is 10.2 Å². The maximum absolute atomic E-state index is 5.84. The Balaban J connectivity index is 0.0000000948. The summed E-state index contributed by atoms with van der Waals surface area (Å²) in [7, 11) is 3.97. The largest absolute Gasteiger partial charge is 0.366 e. The van der Waals surface area contributed by atoms with Gasteiger partial charge in [0.15, 0.2) is 0 Å². The molecule has 40 heteroatoms. The molecule has 0 aliphatic carbocycles. The zero-order chi connectivity index (χ0) is 98.2. The molecule has 0 saturated heterocycles. The van der Waals surface area contributed by atoms with Gasteiger partial charge in [0.25, 0.3) is 0 Å². The number of nitrogens with one attached hydrogen (secondary N) is 7. The van der Waals surface area contributed by atoms with E-state index in [0.29, 0.717) is 0 Å². The van der Waals surface area contributed by atoms with Crippen molar-refractivity contribution in [2.24, 2.45) is 14.1 Å². The molecule has 10 aliphatic rings. The number of thiazole rings is 1. The van der Waals surface area contributed by atoms with Crippen molar-refractivity contribution in [3.05, 3.63) is 397 Å². The van der Waals surface area contributed by atoms with Crippen LogP contribution in [-0.4, -0.2) is 160 Å². The van der Waals surface area contributed by atoms with Gasteiger partial charge in [0.1, 0.15) is 66.9 Å². The van der Waals surface area contributed by atoms with Crippen molar-refractivity contribution in [3.8, 4) is 0 Å². The van der Waals surface area contributed by atoms with E-state index in [1.54, 1.807) is 156 Å². The van der Waals surface area contributed by atoms with Crippen molar-refractivity contribution >= 4 is 125 Å². The first kappa shape index (κ1) is 100. The van der Waals surface area contributed by atoms with Gasteiger partial charge in [0.05, 0.1) is 204 Å². The number of imidazole rings is 7. The average molecular weight is 2150 g/mol. The molecule has 0 amide bonds. The molecular weight excluding hydrogens is 2040 g/mol. The van der Waals surface area contributed by atoms with E-state index in [-0.39, 0.29) is 61.0 Å². The molecule has 0 spiro atoms. The van der Waals surface area contributed by atoms with Crippen LogP contribution in [-0.2, 0) is 126 Å². The molecule has 0 radical (unpaired) electrons. The zero-order valence-electron chi connectivity index (χ0n) is 80.2. The van der Waals surface area contributed by atoms with Crippen LogP contribution in [0.3, 0.4) is 0 Å². The molecule has 0 bridgehead atoms. The van der Waals surface area contributed by atoms with Crippen LogP contribution in [0.25, 0.3) is 0 Å². The van der Waals surface area contributed by atoms with Crippen LogP contribution in [0.5, 0.6) is 0 Å². The molecule has 10 aliphatic heterocycles. The quantitative estimate of drug-likeness (QED) is 0.0669. The molecule has 8 unspecified atom stereocenters. The molecule has 30 rings (SSSR count). The lowest BCUT2D eigenvalue weighted by atomic mass is 10.0. The Morgan fingerprint density at radius 2 is 0.634 bits per heavy atom. The number of hydrogen-bond acceptors (Lipinski definition) is 31. The van der Waals surface area contributed by atoms with E-state index in [1.165, 1.54) is 104 Å². The van der Waals surface area contributed by atoms with Gasteiger partial charge in [-0.25, -0.2) is 39.9 Å². The number of hydrogen-bond donors (Lipinski definition) is 7. The summed E-state index contributed by atoms with van der Waals surface area (Å²) in [5.74, 6) is 0.942. The average Bonchev–Trinajstić information content (AvgIpc) is 1.66. The van der Waals surface area contributed by atoms with Crippen LogP contribution in [0.2, 0.25) is 0 Å². The summed E-state index contributed by atoms with van der Waals surface area (Å²) in [6.07, 6.45) is 34.2. The van der Waals surface area contributed by atoms with E-state index in [0.717, 1.165) is 204 Å². The number of fused-ring (bicyclic) bond motifs is 10. The molecular formula is C105H109N19O10S11. The molecule has 7 N–H and O–H groups in total. The number of ether oxygens (including phenoxy) is 10. The van der Waals surface area contributed by atoms with Gasteiger partial charge in [-0.3, -0.25) is 9.78 Å². The van der Waals surface area contributed by atoms with Gasteiger partial charge >= 0.3 is 0 Å². The first-order chi connectivity index (χ1) is 71.5. The lowest BCUT2D eigenvalue weighted by molar-refractivity contribution is 0.0675. The van der Waals surface area contributed by atoms with Crippen LogP contribution in [0.4, 0.5) is 0 Å². The lowest BCUT2D eigenvalue weighted by Gasteiger charge is -2.23. The number of thiophene rings is 10. The van der Waals surface area contributed by atoms with Crippen LogP contribution in [0, 0.1) is 20.8 Å². The summed E-state index contributed by atoms with van der Waals surface area (Å²) in [5.41, 5.74) is 28.9. The van der Waals surface area contributed by atoms with E-state index in [9.17, 15) is 0 Å². The molecule has 0 saturated carbocycles.